The maximum absolute atomic E-state index is 12.3. The number of hydrogen-bond acceptors (Lipinski definition) is 1. The average Bonchev–Trinajstić information content (AvgIpc) is 2.32. The zero-order valence-electron chi connectivity index (χ0n) is 11.5. The van der Waals surface area contributed by atoms with E-state index in [2.05, 4.69) is 6.07 Å². The molecule has 2 rings (SSSR count). The standard InChI is InChI=1S/C16H18NO.BrH/c1-12-7-8-15(13(2)10-12)16(18)11-17-9-5-4-6-14(17)3;/h4-10H,11H2,1-3H3;1H/q+1;. The van der Waals surface area contributed by atoms with Crippen LogP contribution in [0.5, 0.6) is 0 Å². The van der Waals surface area contributed by atoms with E-state index in [0.717, 1.165) is 16.8 Å². The number of halogens is 1. The monoisotopic (exact) mass is 320 g/mol. The molecule has 2 aromatic rings. The van der Waals surface area contributed by atoms with Gasteiger partial charge in [-0.25, -0.2) is 0 Å². The molecule has 0 saturated heterocycles. The molecule has 19 heavy (non-hydrogen) atoms. The van der Waals surface area contributed by atoms with Crippen molar-refractivity contribution in [1.82, 2.24) is 0 Å². The second-order valence-corrected chi connectivity index (χ2v) is 4.71. The Labute approximate surface area is 124 Å². The van der Waals surface area contributed by atoms with Crippen LogP contribution in [0.4, 0.5) is 0 Å². The van der Waals surface area contributed by atoms with Crippen LogP contribution >= 0.6 is 17.0 Å². The number of rotatable bonds is 3. The van der Waals surface area contributed by atoms with Gasteiger partial charge in [0.25, 0.3) is 0 Å². The van der Waals surface area contributed by atoms with Gasteiger partial charge in [0.05, 0.1) is 0 Å². The Hall–Kier alpha value is -1.48. The Morgan fingerprint density at radius 3 is 2.47 bits per heavy atom. The van der Waals surface area contributed by atoms with E-state index in [1.807, 2.05) is 61.9 Å². The first kappa shape index (κ1) is 15.6. The number of ketones is 1. The van der Waals surface area contributed by atoms with Gasteiger partial charge in [0.2, 0.25) is 12.3 Å². The summed E-state index contributed by atoms with van der Waals surface area (Å²) >= 11 is 0. The number of Topliss-reactive ketones (excluding diaryl/α,β-unsaturated/α-hetero) is 1. The highest BCUT2D eigenvalue weighted by molar-refractivity contribution is 8.93. The van der Waals surface area contributed by atoms with Crippen LogP contribution in [0.1, 0.15) is 27.2 Å². The largest absolute Gasteiger partial charge is 0.287 e. The number of aryl methyl sites for hydroxylation is 3. The molecule has 0 atom stereocenters. The van der Waals surface area contributed by atoms with E-state index in [1.54, 1.807) is 0 Å². The summed E-state index contributed by atoms with van der Waals surface area (Å²) in [5.41, 5.74) is 4.15. The summed E-state index contributed by atoms with van der Waals surface area (Å²) in [7, 11) is 0. The minimum absolute atomic E-state index is 0. The van der Waals surface area contributed by atoms with Gasteiger partial charge in [-0.15, -0.1) is 17.0 Å². The highest BCUT2D eigenvalue weighted by Gasteiger charge is 2.15. The van der Waals surface area contributed by atoms with Crippen molar-refractivity contribution >= 4 is 22.8 Å². The first-order chi connectivity index (χ1) is 8.58. The minimum atomic E-state index is 0. The van der Waals surface area contributed by atoms with Crippen LogP contribution in [0, 0.1) is 20.8 Å². The van der Waals surface area contributed by atoms with Crippen molar-refractivity contribution in [1.29, 1.82) is 0 Å². The van der Waals surface area contributed by atoms with Crippen molar-refractivity contribution in [2.24, 2.45) is 0 Å². The molecule has 0 spiro atoms. The molecule has 2 nitrogen and oxygen atoms in total. The predicted molar refractivity (Wildman–Crippen MR) is 81.9 cm³/mol. The lowest BCUT2D eigenvalue weighted by atomic mass is 10.0. The van der Waals surface area contributed by atoms with Crippen molar-refractivity contribution in [2.45, 2.75) is 27.3 Å². The summed E-state index contributed by atoms with van der Waals surface area (Å²) in [5, 5.41) is 0. The minimum Gasteiger partial charge on any atom is -0.287 e. The lowest BCUT2D eigenvalue weighted by Crippen LogP contribution is -2.40. The van der Waals surface area contributed by atoms with Crippen LogP contribution in [-0.2, 0) is 6.54 Å². The third-order valence-corrected chi connectivity index (χ3v) is 3.16. The molecule has 0 amide bonds. The average molecular weight is 321 g/mol. The van der Waals surface area contributed by atoms with E-state index in [9.17, 15) is 4.79 Å². The van der Waals surface area contributed by atoms with Crippen LogP contribution in [0.3, 0.4) is 0 Å². The zero-order chi connectivity index (χ0) is 13.1. The molecular formula is C16H19BrNO+. The zero-order valence-corrected chi connectivity index (χ0v) is 13.2. The molecule has 0 aliphatic rings. The van der Waals surface area contributed by atoms with Crippen molar-refractivity contribution in [2.75, 3.05) is 0 Å². The van der Waals surface area contributed by atoms with Gasteiger partial charge < -0.3 is 0 Å². The van der Waals surface area contributed by atoms with E-state index in [-0.39, 0.29) is 22.8 Å². The van der Waals surface area contributed by atoms with Gasteiger partial charge in [0, 0.05) is 24.6 Å². The third-order valence-electron chi connectivity index (χ3n) is 3.16. The highest BCUT2D eigenvalue weighted by Crippen LogP contribution is 2.11. The fourth-order valence-corrected chi connectivity index (χ4v) is 2.11. The van der Waals surface area contributed by atoms with Crippen molar-refractivity contribution in [3.8, 4) is 0 Å². The van der Waals surface area contributed by atoms with Gasteiger partial charge in [-0.3, -0.25) is 4.79 Å². The number of aromatic nitrogens is 1. The maximum atomic E-state index is 12.3. The number of hydrogen-bond donors (Lipinski definition) is 0. The van der Waals surface area contributed by atoms with E-state index in [1.165, 1.54) is 5.56 Å². The first-order valence-electron chi connectivity index (χ1n) is 6.13. The SMILES string of the molecule is Br.Cc1ccc(C(=O)C[n+]2ccccc2C)c(C)c1. The van der Waals surface area contributed by atoms with E-state index in [4.69, 9.17) is 0 Å². The topological polar surface area (TPSA) is 20.9 Å². The summed E-state index contributed by atoms with van der Waals surface area (Å²) < 4.78 is 1.97. The Morgan fingerprint density at radius 1 is 1.11 bits per heavy atom. The van der Waals surface area contributed by atoms with Gasteiger partial charge in [-0.2, -0.15) is 4.57 Å². The predicted octanol–water partition coefficient (Wildman–Crippen LogP) is 3.36. The number of nitrogens with zero attached hydrogens (tertiary/aromatic N) is 1. The number of carbonyl (C=O) groups is 1. The number of pyridine rings is 1. The molecule has 0 fully saturated rings. The fourth-order valence-electron chi connectivity index (χ4n) is 2.11. The quantitative estimate of drug-likeness (QED) is 0.627. The lowest BCUT2D eigenvalue weighted by Gasteiger charge is -2.05. The van der Waals surface area contributed by atoms with Crippen LogP contribution in [0.2, 0.25) is 0 Å². The summed E-state index contributed by atoms with van der Waals surface area (Å²) in [6.07, 6.45) is 1.94. The molecule has 1 aromatic heterocycles. The summed E-state index contributed by atoms with van der Waals surface area (Å²) in [4.78, 5) is 12.3. The maximum Gasteiger partial charge on any atom is 0.227 e. The van der Waals surface area contributed by atoms with Crippen molar-refractivity contribution in [3.63, 3.8) is 0 Å². The summed E-state index contributed by atoms with van der Waals surface area (Å²) in [6, 6.07) is 11.9. The molecular weight excluding hydrogens is 302 g/mol. The van der Waals surface area contributed by atoms with Crippen LogP contribution < -0.4 is 4.57 Å². The van der Waals surface area contributed by atoms with Crippen LogP contribution in [0.25, 0.3) is 0 Å². The third kappa shape index (κ3) is 3.74. The lowest BCUT2D eigenvalue weighted by molar-refractivity contribution is -0.689. The molecule has 0 bridgehead atoms. The normalized spacial score (nSPS) is 9.84. The van der Waals surface area contributed by atoms with Gasteiger partial charge in [0.15, 0.2) is 11.9 Å². The smallest absolute Gasteiger partial charge is 0.227 e. The van der Waals surface area contributed by atoms with Crippen LogP contribution in [0.15, 0.2) is 42.6 Å². The van der Waals surface area contributed by atoms with Gasteiger partial charge in [-0.05, 0) is 19.4 Å². The second kappa shape index (κ2) is 6.62. The molecule has 0 N–H and O–H groups in total. The molecule has 0 unspecified atom stereocenters. The molecule has 0 saturated carbocycles. The molecule has 100 valence electrons. The second-order valence-electron chi connectivity index (χ2n) is 4.71. The summed E-state index contributed by atoms with van der Waals surface area (Å²) in [6.45, 7) is 6.44. The van der Waals surface area contributed by atoms with E-state index < -0.39 is 0 Å². The Morgan fingerprint density at radius 2 is 1.84 bits per heavy atom. The van der Waals surface area contributed by atoms with Crippen LogP contribution in [-0.4, -0.2) is 5.78 Å². The Kier molecular flexibility index (Phi) is 5.43. The van der Waals surface area contributed by atoms with Gasteiger partial charge in [0.1, 0.15) is 0 Å². The van der Waals surface area contributed by atoms with E-state index in [0.29, 0.717) is 6.54 Å². The number of benzene rings is 1. The molecule has 0 aliphatic heterocycles. The Bertz CT molecular complexity index is 593. The molecule has 1 heterocycles. The molecule has 1 aromatic carbocycles. The van der Waals surface area contributed by atoms with Gasteiger partial charge in [-0.1, -0.05) is 29.8 Å². The highest BCUT2D eigenvalue weighted by atomic mass is 79.9. The number of carbonyl (C=O) groups excluding carboxylic acids is 1. The molecule has 0 radical (unpaired) electrons. The Balaban J connectivity index is 0.00000180. The summed E-state index contributed by atoms with van der Waals surface area (Å²) in [5.74, 6) is 0.159. The first-order valence-corrected chi connectivity index (χ1v) is 6.13. The molecule has 0 aliphatic carbocycles. The molecule has 3 heteroatoms. The van der Waals surface area contributed by atoms with Gasteiger partial charge >= 0.3 is 0 Å². The van der Waals surface area contributed by atoms with E-state index >= 15 is 0 Å². The van der Waals surface area contributed by atoms with Crippen molar-refractivity contribution in [3.05, 3.63) is 65.0 Å². The van der Waals surface area contributed by atoms with Crippen molar-refractivity contribution < 1.29 is 9.36 Å². The fraction of sp³-hybridized carbons (Fsp3) is 0.250.